The Balaban J connectivity index is 3.08. The summed E-state index contributed by atoms with van der Waals surface area (Å²) in [6.45, 7) is 2.72. The molecule has 1 heterocycles. The van der Waals surface area contributed by atoms with Gasteiger partial charge in [-0.25, -0.2) is 0 Å². The fourth-order valence-corrected chi connectivity index (χ4v) is 1.41. The van der Waals surface area contributed by atoms with Crippen LogP contribution < -0.4 is 10.5 Å². The SMILES string of the molecule is CCCCn1c(N(C)C=O)cccc1=O. The molecule has 0 saturated heterocycles. The van der Waals surface area contributed by atoms with Gasteiger partial charge in [-0.15, -0.1) is 0 Å². The lowest BCUT2D eigenvalue weighted by molar-refractivity contribution is -0.107. The van der Waals surface area contributed by atoms with Gasteiger partial charge in [0.15, 0.2) is 0 Å². The molecule has 1 aromatic rings. The molecule has 15 heavy (non-hydrogen) atoms. The molecule has 0 atom stereocenters. The first-order chi connectivity index (χ1) is 7.20. The van der Waals surface area contributed by atoms with Crippen LogP contribution in [0.1, 0.15) is 19.8 Å². The highest BCUT2D eigenvalue weighted by Gasteiger charge is 2.06. The number of pyridine rings is 1. The van der Waals surface area contributed by atoms with Crippen molar-refractivity contribution in [2.45, 2.75) is 26.3 Å². The molecular weight excluding hydrogens is 192 g/mol. The van der Waals surface area contributed by atoms with Crippen LogP contribution >= 0.6 is 0 Å². The topological polar surface area (TPSA) is 42.3 Å². The number of carbonyl (C=O) groups is 1. The van der Waals surface area contributed by atoms with Gasteiger partial charge in [0.05, 0.1) is 0 Å². The van der Waals surface area contributed by atoms with E-state index in [0.717, 1.165) is 12.8 Å². The minimum atomic E-state index is -0.0605. The van der Waals surface area contributed by atoms with Crippen LogP contribution in [-0.4, -0.2) is 18.0 Å². The number of rotatable bonds is 5. The van der Waals surface area contributed by atoms with Crippen molar-refractivity contribution in [1.29, 1.82) is 0 Å². The molecule has 0 radical (unpaired) electrons. The van der Waals surface area contributed by atoms with E-state index in [9.17, 15) is 9.59 Å². The number of aromatic nitrogens is 1. The summed E-state index contributed by atoms with van der Waals surface area (Å²) in [5.74, 6) is 0.644. The van der Waals surface area contributed by atoms with Crippen LogP contribution in [0.2, 0.25) is 0 Å². The molecule has 1 amide bonds. The second-order valence-corrected chi connectivity index (χ2v) is 3.44. The van der Waals surface area contributed by atoms with E-state index < -0.39 is 0 Å². The molecule has 4 heteroatoms. The van der Waals surface area contributed by atoms with Gasteiger partial charge in [0, 0.05) is 19.7 Å². The first-order valence-electron chi connectivity index (χ1n) is 5.08. The summed E-state index contributed by atoms with van der Waals surface area (Å²) in [6.07, 6.45) is 2.66. The van der Waals surface area contributed by atoms with E-state index in [1.807, 2.05) is 0 Å². The highest BCUT2D eigenvalue weighted by atomic mass is 16.1. The van der Waals surface area contributed by atoms with Crippen molar-refractivity contribution in [3.63, 3.8) is 0 Å². The Labute approximate surface area is 89.1 Å². The van der Waals surface area contributed by atoms with Gasteiger partial charge in [0.25, 0.3) is 5.56 Å². The zero-order chi connectivity index (χ0) is 11.3. The summed E-state index contributed by atoms with van der Waals surface area (Å²) < 4.78 is 1.62. The lowest BCUT2D eigenvalue weighted by Gasteiger charge is -2.17. The number of hydrogen-bond acceptors (Lipinski definition) is 2. The molecule has 0 N–H and O–H groups in total. The zero-order valence-electron chi connectivity index (χ0n) is 9.14. The van der Waals surface area contributed by atoms with E-state index >= 15 is 0 Å². The average molecular weight is 208 g/mol. The van der Waals surface area contributed by atoms with Crippen molar-refractivity contribution in [2.24, 2.45) is 0 Å². The molecule has 0 aliphatic carbocycles. The maximum atomic E-state index is 11.6. The number of amides is 1. The van der Waals surface area contributed by atoms with E-state index in [1.165, 1.54) is 11.0 Å². The smallest absolute Gasteiger partial charge is 0.252 e. The molecule has 0 aliphatic rings. The molecule has 4 nitrogen and oxygen atoms in total. The minimum Gasteiger partial charge on any atom is -0.304 e. The molecule has 0 saturated carbocycles. The van der Waals surface area contributed by atoms with Gasteiger partial charge in [-0.05, 0) is 12.5 Å². The lowest BCUT2D eigenvalue weighted by atomic mass is 10.3. The third-order valence-corrected chi connectivity index (χ3v) is 2.28. The molecule has 0 aliphatic heterocycles. The van der Waals surface area contributed by atoms with E-state index in [2.05, 4.69) is 6.92 Å². The molecule has 0 unspecified atom stereocenters. The van der Waals surface area contributed by atoms with Crippen LogP contribution in [0.5, 0.6) is 0 Å². The van der Waals surface area contributed by atoms with Crippen molar-refractivity contribution in [3.8, 4) is 0 Å². The predicted octanol–water partition coefficient (Wildman–Crippen LogP) is 1.24. The molecule has 0 spiro atoms. The fraction of sp³-hybridized carbons (Fsp3) is 0.455. The van der Waals surface area contributed by atoms with Crippen molar-refractivity contribution in [3.05, 3.63) is 28.6 Å². The number of nitrogens with zero attached hydrogens (tertiary/aromatic N) is 2. The van der Waals surface area contributed by atoms with Crippen molar-refractivity contribution in [1.82, 2.24) is 4.57 Å². The molecule has 82 valence electrons. The first kappa shape index (κ1) is 11.5. The van der Waals surface area contributed by atoms with Gasteiger partial charge in [-0.3, -0.25) is 14.2 Å². The molecular formula is C11H16N2O2. The van der Waals surface area contributed by atoms with E-state index in [1.54, 1.807) is 23.7 Å². The Morgan fingerprint density at radius 2 is 2.20 bits per heavy atom. The van der Waals surface area contributed by atoms with Crippen LogP contribution in [0.25, 0.3) is 0 Å². The summed E-state index contributed by atoms with van der Waals surface area (Å²) in [7, 11) is 1.64. The monoisotopic (exact) mass is 208 g/mol. The number of unbranched alkanes of at least 4 members (excludes halogenated alkanes) is 1. The second kappa shape index (κ2) is 5.34. The van der Waals surface area contributed by atoms with Gasteiger partial charge in [-0.1, -0.05) is 19.4 Å². The molecule has 0 bridgehead atoms. The standard InChI is InChI=1S/C11H16N2O2/c1-3-4-8-13-10(12(2)9-14)6-5-7-11(13)15/h5-7,9H,3-4,8H2,1-2H3. The second-order valence-electron chi connectivity index (χ2n) is 3.44. The Hall–Kier alpha value is -1.58. The summed E-state index contributed by atoms with van der Waals surface area (Å²) in [4.78, 5) is 23.7. The van der Waals surface area contributed by atoms with Crippen LogP contribution in [0.3, 0.4) is 0 Å². The van der Waals surface area contributed by atoms with Gasteiger partial charge in [0.1, 0.15) is 5.82 Å². The summed E-state index contributed by atoms with van der Waals surface area (Å²) in [5, 5.41) is 0. The van der Waals surface area contributed by atoms with Crippen LogP contribution in [0.15, 0.2) is 23.0 Å². The van der Waals surface area contributed by atoms with Crippen LogP contribution in [-0.2, 0) is 11.3 Å². The lowest BCUT2D eigenvalue weighted by Crippen LogP contribution is -2.27. The van der Waals surface area contributed by atoms with Crippen molar-refractivity contribution in [2.75, 3.05) is 11.9 Å². The van der Waals surface area contributed by atoms with Gasteiger partial charge in [-0.2, -0.15) is 0 Å². The quantitative estimate of drug-likeness (QED) is 0.683. The third kappa shape index (κ3) is 2.68. The highest BCUT2D eigenvalue weighted by molar-refractivity contribution is 5.71. The van der Waals surface area contributed by atoms with Crippen LogP contribution in [0.4, 0.5) is 5.82 Å². The van der Waals surface area contributed by atoms with Crippen LogP contribution in [0, 0.1) is 0 Å². The summed E-state index contributed by atoms with van der Waals surface area (Å²) in [6, 6.07) is 4.95. The van der Waals surface area contributed by atoms with E-state index in [4.69, 9.17) is 0 Å². The minimum absolute atomic E-state index is 0.0605. The number of anilines is 1. The summed E-state index contributed by atoms with van der Waals surface area (Å²) in [5.41, 5.74) is -0.0605. The maximum Gasteiger partial charge on any atom is 0.252 e. The highest BCUT2D eigenvalue weighted by Crippen LogP contribution is 2.08. The Bertz CT molecular complexity index is 384. The van der Waals surface area contributed by atoms with Crippen molar-refractivity contribution < 1.29 is 4.79 Å². The number of hydrogen-bond donors (Lipinski definition) is 0. The van der Waals surface area contributed by atoms with Crippen molar-refractivity contribution >= 4 is 12.2 Å². The molecule has 1 rings (SSSR count). The Morgan fingerprint density at radius 1 is 1.47 bits per heavy atom. The summed E-state index contributed by atoms with van der Waals surface area (Å²) >= 11 is 0. The predicted molar refractivity (Wildman–Crippen MR) is 60.1 cm³/mol. The molecule has 1 aromatic heterocycles. The van der Waals surface area contributed by atoms with E-state index in [0.29, 0.717) is 18.8 Å². The van der Waals surface area contributed by atoms with Gasteiger partial charge in [0.2, 0.25) is 6.41 Å². The van der Waals surface area contributed by atoms with E-state index in [-0.39, 0.29) is 5.56 Å². The van der Waals surface area contributed by atoms with Gasteiger partial charge < -0.3 is 4.90 Å². The zero-order valence-corrected chi connectivity index (χ0v) is 9.14. The largest absolute Gasteiger partial charge is 0.304 e. The molecule has 0 aromatic carbocycles. The maximum absolute atomic E-state index is 11.6. The van der Waals surface area contributed by atoms with Gasteiger partial charge >= 0.3 is 0 Å². The molecule has 0 fully saturated rings. The first-order valence-corrected chi connectivity index (χ1v) is 5.08. The normalized spacial score (nSPS) is 10.0. The Morgan fingerprint density at radius 3 is 2.80 bits per heavy atom. The Kier molecular flexibility index (Phi) is 4.09. The fourth-order valence-electron chi connectivity index (χ4n) is 1.41. The average Bonchev–Trinajstić information content (AvgIpc) is 2.26. The third-order valence-electron chi connectivity index (χ3n) is 2.28. The number of carbonyl (C=O) groups excluding carboxylic acids is 1.